The lowest BCUT2D eigenvalue weighted by Gasteiger charge is -2.17. The van der Waals surface area contributed by atoms with Crippen molar-refractivity contribution >= 4 is 28.9 Å². The molecule has 0 bridgehead atoms. The third-order valence-electron chi connectivity index (χ3n) is 6.71. The van der Waals surface area contributed by atoms with Crippen LogP contribution in [-0.4, -0.2) is 62.9 Å². The number of urea groups is 1. The molecule has 4 aromatic rings. The molecule has 0 aliphatic carbocycles. The molecule has 1 saturated heterocycles. The Balaban J connectivity index is 1.38. The lowest BCUT2D eigenvalue weighted by Crippen LogP contribution is -2.38. The number of hydrogen-bond acceptors (Lipinski definition) is 8. The third kappa shape index (κ3) is 5.95. The molecule has 1 atom stereocenters. The molecular formula is C28H24F5N7O4. The van der Waals surface area contributed by atoms with E-state index in [1.807, 2.05) is 0 Å². The number of likely N-dealkylation sites (tertiary alicyclic amines) is 1. The molecular weight excluding hydrogens is 593 g/mol. The highest BCUT2D eigenvalue weighted by atomic mass is 19.2. The lowest BCUT2D eigenvalue weighted by atomic mass is 10.1. The smallest absolute Gasteiger partial charge is 0.330 e. The largest absolute Gasteiger partial charge is 0.463 e. The van der Waals surface area contributed by atoms with Gasteiger partial charge in [0, 0.05) is 43.4 Å². The van der Waals surface area contributed by atoms with Crippen LogP contribution in [0.25, 0.3) is 22.3 Å². The zero-order chi connectivity index (χ0) is 31.5. The molecule has 2 amide bonds. The van der Waals surface area contributed by atoms with Crippen molar-refractivity contribution in [1.82, 2.24) is 30.0 Å². The Morgan fingerprint density at radius 3 is 2.55 bits per heavy atom. The summed E-state index contributed by atoms with van der Waals surface area (Å²) < 4.78 is 81.9. The highest BCUT2D eigenvalue weighted by Crippen LogP contribution is 2.37. The number of amides is 2. The van der Waals surface area contributed by atoms with Crippen molar-refractivity contribution < 1.29 is 41.0 Å². The van der Waals surface area contributed by atoms with Crippen molar-refractivity contribution in [3.8, 4) is 22.8 Å². The van der Waals surface area contributed by atoms with Gasteiger partial charge in [0.15, 0.2) is 17.3 Å². The molecule has 1 aliphatic heterocycles. The second-order valence-corrected chi connectivity index (χ2v) is 9.52. The van der Waals surface area contributed by atoms with Crippen molar-refractivity contribution in [3.05, 3.63) is 71.8 Å². The first-order chi connectivity index (χ1) is 21.1. The number of nitrogens with two attached hydrogens (primary N) is 1. The molecule has 2 aromatic heterocycles. The quantitative estimate of drug-likeness (QED) is 0.126. The Kier molecular flexibility index (Phi) is 8.59. The molecule has 1 fully saturated rings. The van der Waals surface area contributed by atoms with Crippen LogP contribution < -0.4 is 15.8 Å². The molecule has 0 saturated carbocycles. The van der Waals surface area contributed by atoms with Crippen molar-refractivity contribution in [2.24, 2.45) is 0 Å². The van der Waals surface area contributed by atoms with Gasteiger partial charge in [0.25, 0.3) is 0 Å². The Labute approximate surface area is 246 Å². The topological polar surface area (TPSA) is 137 Å². The van der Waals surface area contributed by atoms with E-state index in [-0.39, 0.29) is 65.9 Å². The van der Waals surface area contributed by atoms with Crippen LogP contribution in [0.4, 0.5) is 32.6 Å². The number of ether oxygens (including phenoxy) is 2. The number of benzene rings is 2. The molecule has 44 heavy (non-hydrogen) atoms. The number of carbonyl (C=O) groups excluding carboxylic acids is 2. The first-order valence-corrected chi connectivity index (χ1v) is 13.2. The van der Waals surface area contributed by atoms with Crippen molar-refractivity contribution in [2.75, 3.05) is 32.0 Å². The van der Waals surface area contributed by atoms with Crippen LogP contribution in [0.5, 0.6) is 11.5 Å². The van der Waals surface area contributed by atoms with Gasteiger partial charge < -0.3 is 25.4 Å². The van der Waals surface area contributed by atoms with Gasteiger partial charge in [-0.05, 0) is 25.5 Å². The number of nitrogen functional groups attached to an aromatic ring is 1. The maximum absolute atomic E-state index is 15.4. The second kappa shape index (κ2) is 12.5. The summed E-state index contributed by atoms with van der Waals surface area (Å²) in [6.07, 6.45) is 4.37. The first-order valence-electron chi connectivity index (χ1n) is 13.2. The van der Waals surface area contributed by atoms with Gasteiger partial charge in [-0.15, -0.1) is 0 Å². The summed E-state index contributed by atoms with van der Waals surface area (Å²) in [6.45, 7) is 2.61. The van der Waals surface area contributed by atoms with E-state index >= 15 is 4.39 Å². The Morgan fingerprint density at radius 1 is 1.09 bits per heavy atom. The van der Waals surface area contributed by atoms with Gasteiger partial charge in [0.1, 0.15) is 29.4 Å². The fourth-order valence-electron chi connectivity index (χ4n) is 4.68. The summed E-state index contributed by atoms with van der Waals surface area (Å²) >= 11 is 0. The number of anilines is 1. The zero-order valence-electron chi connectivity index (χ0n) is 23.0. The van der Waals surface area contributed by atoms with Crippen molar-refractivity contribution in [1.29, 1.82) is 0 Å². The van der Waals surface area contributed by atoms with E-state index in [9.17, 15) is 27.2 Å². The van der Waals surface area contributed by atoms with Gasteiger partial charge in [-0.3, -0.25) is 0 Å². The summed E-state index contributed by atoms with van der Waals surface area (Å²) in [5.74, 6) is -10.2. The normalized spacial score (nSPS) is 14.9. The summed E-state index contributed by atoms with van der Waals surface area (Å²) in [5, 5.41) is 7.45. The minimum atomic E-state index is -1.78. The average Bonchev–Trinajstić information content (AvgIpc) is 3.63. The third-order valence-corrected chi connectivity index (χ3v) is 6.71. The molecule has 0 unspecified atom stereocenters. The van der Waals surface area contributed by atoms with E-state index in [2.05, 4.69) is 20.4 Å². The molecule has 230 valence electrons. The summed E-state index contributed by atoms with van der Waals surface area (Å²) in [4.78, 5) is 33.8. The van der Waals surface area contributed by atoms with Crippen LogP contribution in [0.3, 0.4) is 0 Å². The van der Waals surface area contributed by atoms with Crippen LogP contribution >= 0.6 is 0 Å². The fourth-order valence-corrected chi connectivity index (χ4v) is 4.68. The molecule has 2 aromatic carbocycles. The SMILES string of the molecule is CCOC(=O)C=CCNC(=O)N1CC[C@@H](n2nc(-c3ccc(Oc4c(F)c(F)cc(F)c4F)cc3F)c3c(N)ncnc32)C1. The highest BCUT2D eigenvalue weighted by molar-refractivity contribution is 5.98. The number of halogens is 5. The lowest BCUT2D eigenvalue weighted by molar-refractivity contribution is -0.137. The Bertz CT molecular complexity index is 1760. The van der Waals surface area contributed by atoms with E-state index < -0.39 is 46.6 Å². The first kappa shape index (κ1) is 30.2. The number of hydrogen-bond donors (Lipinski definition) is 2. The van der Waals surface area contributed by atoms with Crippen molar-refractivity contribution in [3.63, 3.8) is 0 Å². The number of nitrogens with one attached hydrogen (secondary N) is 1. The molecule has 1 aliphatic rings. The molecule has 11 nitrogen and oxygen atoms in total. The van der Waals surface area contributed by atoms with E-state index in [4.69, 9.17) is 15.2 Å². The number of rotatable bonds is 8. The number of nitrogens with zero attached hydrogens (tertiary/aromatic N) is 5. The Hall–Kier alpha value is -5.28. The Morgan fingerprint density at radius 2 is 1.84 bits per heavy atom. The maximum Gasteiger partial charge on any atom is 0.330 e. The molecule has 3 heterocycles. The van der Waals surface area contributed by atoms with Gasteiger partial charge in [-0.2, -0.15) is 13.9 Å². The van der Waals surface area contributed by atoms with Crippen molar-refractivity contribution in [2.45, 2.75) is 19.4 Å². The van der Waals surface area contributed by atoms with Gasteiger partial charge >= 0.3 is 12.0 Å². The van der Waals surface area contributed by atoms with Crippen LogP contribution in [0, 0.1) is 29.1 Å². The minimum Gasteiger partial charge on any atom is -0.463 e. The van der Waals surface area contributed by atoms with Gasteiger partial charge in [-0.1, -0.05) is 6.08 Å². The minimum absolute atomic E-state index is 0.00339. The molecule has 3 N–H and O–H groups in total. The fraction of sp³-hybridized carbons (Fsp3) is 0.250. The van der Waals surface area contributed by atoms with Crippen LogP contribution in [0.2, 0.25) is 0 Å². The number of fused-ring (bicyclic) bond motifs is 1. The molecule has 5 rings (SSSR count). The molecule has 0 spiro atoms. The van der Waals surface area contributed by atoms with E-state index in [0.29, 0.717) is 13.0 Å². The highest BCUT2D eigenvalue weighted by Gasteiger charge is 2.31. The van der Waals surface area contributed by atoms with Gasteiger partial charge in [0.05, 0.1) is 18.0 Å². The van der Waals surface area contributed by atoms with Crippen LogP contribution in [-0.2, 0) is 9.53 Å². The second-order valence-electron chi connectivity index (χ2n) is 9.52. The number of esters is 1. The summed E-state index contributed by atoms with van der Waals surface area (Å²) in [7, 11) is 0. The summed E-state index contributed by atoms with van der Waals surface area (Å²) in [5.41, 5.74) is 6.33. The monoisotopic (exact) mass is 617 g/mol. The molecule has 16 heteroatoms. The molecule has 0 radical (unpaired) electrons. The average molecular weight is 618 g/mol. The predicted octanol–water partition coefficient (Wildman–Crippen LogP) is 4.64. The van der Waals surface area contributed by atoms with Gasteiger partial charge in [0.2, 0.25) is 17.4 Å². The van der Waals surface area contributed by atoms with Crippen LogP contribution in [0.1, 0.15) is 19.4 Å². The van der Waals surface area contributed by atoms with Gasteiger partial charge in [-0.25, -0.2) is 37.4 Å². The summed E-state index contributed by atoms with van der Waals surface area (Å²) in [6, 6.07) is 2.35. The zero-order valence-corrected chi connectivity index (χ0v) is 23.0. The van der Waals surface area contributed by atoms with Crippen LogP contribution in [0.15, 0.2) is 42.7 Å². The maximum atomic E-state index is 15.4. The predicted molar refractivity (Wildman–Crippen MR) is 146 cm³/mol. The van der Waals surface area contributed by atoms with E-state index in [1.165, 1.54) is 29.2 Å². The van der Waals surface area contributed by atoms with E-state index in [0.717, 1.165) is 12.1 Å². The number of aromatic nitrogens is 4. The standard InChI is InChI=1S/C28H24F5N7O4/c1-2-43-20(41)4-3-8-35-28(42)39-9-7-14(12-39)40-27-21(26(34)36-13-37-27)24(38-40)16-6-5-15(10-17(16)29)44-25-22(32)18(30)11-19(31)23(25)33/h3-6,10-11,13-14H,2,7-9,12H2,1H3,(H,35,42)(H2,34,36,37)/t14-/m1/s1. The number of carbonyl (C=O) groups is 2. The van der Waals surface area contributed by atoms with E-state index in [1.54, 1.807) is 11.8 Å².